The van der Waals surface area contributed by atoms with Crippen molar-refractivity contribution in [2.24, 2.45) is 0 Å². The molecule has 0 unspecified atom stereocenters. The van der Waals surface area contributed by atoms with Crippen LogP contribution in [-0.4, -0.2) is 44.1 Å². The second-order valence-corrected chi connectivity index (χ2v) is 31.3. The molecule has 12 aromatic rings. The van der Waals surface area contributed by atoms with E-state index in [4.69, 9.17) is 24.1 Å². The second-order valence-electron chi connectivity index (χ2n) is 27.8. The molecule has 594 valence electrons. The number of hydrogen-bond acceptors (Lipinski definition) is 5. The Morgan fingerprint density at radius 2 is 0.702 bits per heavy atom. The van der Waals surface area contributed by atoms with Crippen molar-refractivity contribution in [2.75, 3.05) is 33.0 Å². The molecule has 114 heavy (non-hydrogen) atoms. The summed E-state index contributed by atoms with van der Waals surface area (Å²) in [7, 11) is -1.88. The van der Waals surface area contributed by atoms with Gasteiger partial charge in [0.25, 0.3) is 0 Å². The SMILES string of the molecule is C1CCOC1.CCCc1ccc(-c2ccc(/C=C/c3c(C)cc(OCC)c(F)c3F)cc2)cc1.CCCc1ccc(-c2ccc(CCc3c(C)cc(OCC)c(F)c3F)cc2)cc1.CCCc1ccc(-c2ccc(C[P+](c3ccccc3)(c3ccccc3)c3ccccc3)cc2)cc1.CCOc1cc(C)c(C(=O)O)c(F)c1F.[Br-]. The van der Waals surface area contributed by atoms with Crippen LogP contribution >= 0.6 is 7.26 Å². The lowest BCUT2D eigenvalue weighted by Gasteiger charge is -2.28. The van der Waals surface area contributed by atoms with Crippen LogP contribution in [0.15, 0.2) is 255 Å². The van der Waals surface area contributed by atoms with Crippen molar-refractivity contribution < 1.29 is 72.2 Å². The summed E-state index contributed by atoms with van der Waals surface area (Å²) in [6.07, 6.45) is 14.9. The molecule has 14 heteroatoms. The predicted molar refractivity (Wildman–Crippen MR) is 457 cm³/mol. The minimum absolute atomic E-state index is 0. The first-order valence-corrected chi connectivity index (χ1v) is 41.2. The van der Waals surface area contributed by atoms with Gasteiger partial charge in [-0.1, -0.05) is 252 Å². The quantitative estimate of drug-likeness (QED) is 0.0331. The summed E-state index contributed by atoms with van der Waals surface area (Å²) in [6, 6.07) is 89.6. The molecule has 0 bridgehead atoms. The molecule has 0 atom stereocenters. The average Bonchev–Trinajstić information content (AvgIpc) is 0.936. The Hall–Kier alpha value is -10.3. The van der Waals surface area contributed by atoms with Crippen LogP contribution in [0.4, 0.5) is 26.3 Å². The molecule has 1 N–H and O–H groups in total. The van der Waals surface area contributed by atoms with E-state index in [2.05, 4.69) is 233 Å². The fourth-order valence-electron chi connectivity index (χ4n) is 13.7. The van der Waals surface area contributed by atoms with Gasteiger partial charge in [-0.05, 0) is 230 Å². The molecule has 1 aliphatic heterocycles. The van der Waals surface area contributed by atoms with Gasteiger partial charge in [0.15, 0.2) is 34.7 Å². The number of aromatic carboxylic acids is 1. The maximum atomic E-state index is 14.5. The van der Waals surface area contributed by atoms with Crippen LogP contribution in [0.25, 0.3) is 45.5 Å². The number of rotatable bonds is 26. The predicted octanol–water partition coefficient (Wildman–Crippen LogP) is 22.5. The first-order valence-electron chi connectivity index (χ1n) is 39.3. The molecule has 12 aromatic carbocycles. The zero-order chi connectivity index (χ0) is 80.7. The lowest BCUT2D eigenvalue weighted by atomic mass is 9.97. The van der Waals surface area contributed by atoms with Crippen LogP contribution in [0, 0.1) is 55.7 Å². The van der Waals surface area contributed by atoms with E-state index in [9.17, 15) is 31.1 Å². The molecule has 0 radical (unpaired) electrons. The van der Waals surface area contributed by atoms with Crippen molar-refractivity contribution in [1.29, 1.82) is 0 Å². The van der Waals surface area contributed by atoms with Crippen LogP contribution < -0.4 is 47.1 Å². The summed E-state index contributed by atoms with van der Waals surface area (Å²) in [5, 5.41) is 12.9. The molecule has 1 fully saturated rings. The maximum Gasteiger partial charge on any atom is 0.339 e. The number of benzene rings is 12. The summed E-state index contributed by atoms with van der Waals surface area (Å²) in [5.74, 6) is -7.98. The highest BCUT2D eigenvalue weighted by molar-refractivity contribution is 7.95. The third-order valence-electron chi connectivity index (χ3n) is 19.6. The minimum atomic E-state index is -1.88. The van der Waals surface area contributed by atoms with Crippen LogP contribution in [0.2, 0.25) is 0 Å². The van der Waals surface area contributed by atoms with E-state index < -0.39 is 53.7 Å². The monoisotopic (exact) mass is 1620 g/mol. The fraction of sp³-hybridized carbons (Fsp3) is 0.250. The normalized spacial score (nSPS) is 11.5. The highest BCUT2D eigenvalue weighted by Crippen LogP contribution is 2.58. The molecule has 0 amide bonds. The third kappa shape index (κ3) is 24.4. The van der Waals surface area contributed by atoms with Crippen molar-refractivity contribution in [3.8, 4) is 50.6 Å². The van der Waals surface area contributed by atoms with Gasteiger partial charge in [0.05, 0.1) is 26.0 Å². The van der Waals surface area contributed by atoms with Gasteiger partial charge >= 0.3 is 5.97 Å². The first-order chi connectivity index (χ1) is 54.8. The van der Waals surface area contributed by atoms with E-state index in [1.165, 1.54) is 93.2 Å². The second kappa shape index (κ2) is 45.6. The van der Waals surface area contributed by atoms with Gasteiger partial charge in [0.1, 0.15) is 28.7 Å². The molecule has 1 saturated heterocycles. The van der Waals surface area contributed by atoms with Crippen LogP contribution in [0.3, 0.4) is 0 Å². The lowest BCUT2D eigenvalue weighted by molar-refractivity contribution is -0.0000431. The molecule has 1 heterocycles. The highest BCUT2D eigenvalue weighted by Gasteiger charge is 2.45. The summed E-state index contributed by atoms with van der Waals surface area (Å²) in [6.45, 7) is 19.4. The largest absolute Gasteiger partial charge is 1.00 e. The number of carboxylic acid groups (broad SMARTS) is 1. The fourth-order valence-corrected chi connectivity index (χ4v) is 17.9. The maximum absolute atomic E-state index is 14.5. The van der Waals surface area contributed by atoms with Crippen molar-refractivity contribution in [2.45, 2.75) is 133 Å². The van der Waals surface area contributed by atoms with Gasteiger partial charge in [-0.3, -0.25) is 0 Å². The number of ether oxygens (including phenoxy) is 4. The van der Waals surface area contributed by atoms with E-state index in [1.807, 2.05) is 24.3 Å². The van der Waals surface area contributed by atoms with Crippen molar-refractivity contribution >= 4 is 41.3 Å². The molecule has 6 nitrogen and oxygen atoms in total. The van der Waals surface area contributed by atoms with E-state index in [1.54, 1.807) is 52.8 Å². The van der Waals surface area contributed by atoms with Crippen LogP contribution in [-0.2, 0) is 43.0 Å². The summed E-state index contributed by atoms with van der Waals surface area (Å²) >= 11 is 0. The van der Waals surface area contributed by atoms with Gasteiger partial charge in [-0.2, -0.15) is 13.2 Å². The number of carboxylic acids is 1. The Morgan fingerprint density at radius 3 is 1.04 bits per heavy atom. The van der Waals surface area contributed by atoms with Gasteiger partial charge in [0, 0.05) is 18.8 Å². The van der Waals surface area contributed by atoms with Crippen molar-refractivity contribution in [3.05, 3.63) is 356 Å². The van der Waals surface area contributed by atoms with Crippen molar-refractivity contribution in [3.63, 3.8) is 0 Å². The molecule has 13 rings (SSSR count). The van der Waals surface area contributed by atoms with E-state index in [0.717, 1.165) is 84.9 Å². The summed E-state index contributed by atoms with van der Waals surface area (Å²) < 4.78 is 104. The van der Waals surface area contributed by atoms with Crippen molar-refractivity contribution in [1.82, 2.24) is 0 Å². The molecule has 0 spiro atoms. The number of hydrogen-bond donors (Lipinski definition) is 1. The Balaban J connectivity index is 0.000000191. The Kier molecular flexibility index (Phi) is 35.7. The Morgan fingerprint density at radius 1 is 0.377 bits per heavy atom. The molecular formula is C100H104BrF6O6P. The van der Waals surface area contributed by atoms with E-state index in [-0.39, 0.29) is 52.0 Å². The molecule has 0 aliphatic carbocycles. The zero-order valence-corrected chi connectivity index (χ0v) is 69.3. The number of aryl methyl sites for hydroxylation is 7. The third-order valence-corrected chi connectivity index (χ3v) is 24.0. The average molecular weight is 1630 g/mol. The highest BCUT2D eigenvalue weighted by atomic mass is 79.9. The van der Waals surface area contributed by atoms with E-state index in [0.29, 0.717) is 37.2 Å². The zero-order valence-electron chi connectivity index (χ0n) is 66.8. The molecule has 1 aliphatic rings. The van der Waals surface area contributed by atoms with Gasteiger partial charge in [-0.25, -0.2) is 18.0 Å². The van der Waals surface area contributed by atoms with Gasteiger partial charge in [0.2, 0.25) is 17.5 Å². The minimum Gasteiger partial charge on any atom is -1.00 e. The Bertz CT molecular complexity index is 4860. The molecular weight excluding hydrogens is 1520 g/mol. The topological polar surface area (TPSA) is 74.2 Å². The summed E-state index contributed by atoms with van der Waals surface area (Å²) in [5.41, 5.74) is 16.2. The Labute approximate surface area is 682 Å². The number of carbonyl (C=O) groups is 1. The van der Waals surface area contributed by atoms with Crippen LogP contribution in [0.5, 0.6) is 17.2 Å². The smallest absolute Gasteiger partial charge is 0.339 e. The van der Waals surface area contributed by atoms with Gasteiger partial charge < -0.3 is 41.0 Å². The van der Waals surface area contributed by atoms with E-state index >= 15 is 0 Å². The lowest BCUT2D eigenvalue weighted by Crippen LogP contribution is -3.00. The first kappa shape index (κ1) is 89.3. The van der Waals surface area contributed by atoms with Gasteiger partial charge in [-0.15, -0.1) is 0 Å². The summed E-state index contributed by atoms with van der Waals surface area (Å²) in [4.78, 5) is 10.6. The standard InChI is InChI=1S/C34H32P.C26H28F2O.C26H26F2O.C10H10F2O3.C4H8O.BrH/c1-2-12-28-19-23-30(24-20-28)31-25-21-29(22-26-31)27-35(32-13-6-3-7-14-32,33-15-8-4-9-16-33)34-17-10-5-11-18-34;2*1-4-6-19-7-12-21(13-8-19)22-14-9-20(10-15-22)11-16-23-18(3)17-24(29-5-2)26(28)25(23)27;1-3-15-6-4-5(2)7(10(13)14)9(12)8(6)11;1-2-4-5-3-1;/h3-11,13-26H,2,12,27H2,1H3;7-10,12-15,17H,4-6,11,16H2,1-3H3;7-17H,4-6H2,1-3H3;4H,3H2,1-2H3,(H,13,14);1-4H2;1H/q+1;;;;;/p-1/b;;16-11+;;;. The van der Waals surface area contributed by atoms with Crippen LogP contribution in [0.1, 0.15) is 145 Å². The number of halogens is 7. The molecule has 0 aromatic heterocycles. The molecule has 0 saturated carbocycles.